The summed E-state index contributed by atoms with van der Waals surface area (Å²) in [6.45, 7) is 11.6. The average molecular weight is 405 g/mol. The first kappa shape index (κ1) is 21.9. The van der Waals surface area contributed by atoms with Gasteiger partial charge in [0.05, 0.1) is 4.90 Å². The van der Waals surface area contributed by atoms with Crippen molar-refractivity contribution in [3.8, 4) is 5.75 Å². The van der Waals surface area contributed by atoms with Crippen molar-refractivity contribution >= 4 is 21.6 Å². The largest absolute Gasteiger partial charge is 0.481 e. The quantitative estimate of drug-likeness (QED) is 0.794. The van der Waals surface area contributed by atoms with Crippen LogP contribution in [-0.4, -0.2) is 20.4 Å². The molecule has 7 heteroatoms. The number of anilines is 1. The Balaban J connectivity index is 2.16. The van der Waals surface area contributed by atoms with Crippen LogP contribution in [0.25, 0.3) is 0 Å². The van der Waals surface area contributed by atoms with Gasteiger partial charge in [-0.15, -0.1) is 0 Å². The molecule has 0 aliphatic carbocycles. The number of aryl methyl sites for hydroxylation is 1. The number of hydrogen-bond acceptors (Lipinski definition) is 4. The first-order valence-corrected chi connectivity index (χ1v) is 10.6. The minimum atomic E-state index is -3.87. The fourth-order valence-electron chi connectivity index (χ4n) is 2.65. The molecule has 0 unspecified atom stereocenters. The standard InChI is InChI=1S/C21H28N2O4S/c1-13-11-18(28(22,25)26)12-19(14(13)2)23-20(24)15(3)27-17-9-7-16(8-10-17)21(4,5)6/h7-12,15H,1-6H3,(H,23,24)(H2,22,25,26)/t15-/m0/s1. The molecule has 0 saturated carbocycles. The summed E-state index contributed by atoms with van der Waals surface area (Å²) >= 11 is 0. The zero-order chi connectivity index (χ0) is 21.3. The number of sulfonamides is 1. The Morgan fingerprint density at radius 3 is 2.18 bits per heavy atom. The van der Waals surface area contributed by atoms with Crippen LogP contribution in [0.3, 0.4) is 0 Å². The molecule has 2 aromatic carbocycles. The number of ether oxygens (including phenoxy) is 1. The van der Waals surface area contributed by atoms with Gasteiger partial charge in [0, 0.05) is 5.69 Å². The first-order chi connectivity index (χ1) is 12.8. The van der Waals surface area contributed by atoms with Crippen LogP contribution in [0.15, 0.2) is 41.3 Å². The molecule has 1 atom stereocenters. The van der Waals surface area contributed by atoms with E-state index in [0.717, 1.165) is 5.56 Å². The normalized spacial score (nSPS) is 13.1. The van der Waals surface area contributed by atoms with Crippen LogP contribution in [0.1, 0.15) is 44.4 Å². The molecule has 0 aromatic heterocycles. The van der Waals surface area contributed by atoms with E-state index >= 15 is 0 Å². The summed E-state index contributed by atoms with van der Waals surface area (Å²) in [5.41, 5.74) is 3.08. The summed E-state index contributed by atoms with van der Waals surface area (Å²) in [4.78, 5) is 12.5. The number of amides is 1. The van der Waals surface area contributed by atoms with E-state index in [1.54, 1.807) is 20.8 Å². The molecular weight excluding hydrogens is 376 g/mol. The van der Waals surface area contributed by atoms with Gasteiger partial charge in [-0.25, -0.2) is 13.6 Å². The Bertz CT molecular complexity index is 975. The van der Waals surface area contributed by atoms with Gasteiger partial charge < -0.3 is 10.1 Å². The zero-order valence-electron chi connectivity index (χ0n) is 17.2. The molecule has 0 aliphatic rings. The number of nitrogens with one attached hydrogen (secondary N) is 1. The predicted molar refractivity (Wildman–Crippen MR) is 111 cm³/mol. The molecule has 0 radical (unpaired) electrons. The topological polar surface area (TPSA) is 98.5 Å². The maximum Gasteiger partial charge on any atom is 0.265 e. The first-order valence-electron chi connectivity index (χ1n) is 9.01. The lowest BCUT2D eigenvalue weighted by Crippen LogP contribution is -2.30. The van der Waals surface area contributed by atoms with Crippen LogP contribution in [-0.2, 0) is 20.2 Å². The Morgan fingerprint density at radius 1 is 1.11 bits per heavy atom. The number of carbonyl (C=O) groups excluding carboxylic acids is 1. The monoisotopic (exact) mass is 404 g/mol. The lowest BCUT2D eigenvalue weighted by molar-refractivity contribution is -0.122. The fraction of sp³-hybridized carbons (Fsp3) is 0.381. The molecule has 0 fully saturated rings. The summed E-state index contributed by atoms with van der Waals surface area (Å²) in [6, 6.07) is 10.5. The Kier molecular flexibility index (Phi) is 6.21. The van der Waals surface area contributed by atoms with Gasteiger partial charge in [0.25, 0.3) is 5.91 Å². The zero-order valence-corrected chi connectivity index (χ0v) is 18.0. The van der Waals surface area contributed by atoms with Crippen LogP contribution in [0, 0.1) is 13.8 Å². The number of benzene rings is 2. The Labute approximate surface area is 167 Å². The van der Waals surface area contributed by atoms with E-state index < -0.39 is 16.1 Å². The molecule has 2 aromatic rings. The molecular formula is C21H28N2O4S. The Morgan fingerprint density at radius 2 is 1.68 bits per heavy atom. The molecule has 2 rings (SSSR count). The number of hydrogen-bond donors (Lipinski definition) is 2. The van der Waals surface area contributed by atoms with Crippen molar-refractivity contribution in [1.82, 2.24) is 0 Å². The number of rotatable bonds is 5. The van der Waals surface area contributed by atoms with E-state index in [-0.39, 0.29) is 16.2 Å². The maximum absolute atomic E-state index is 12.6. The van der Waals surface area contributed by atoms with Crippen molar-refractivity contribution in [2.75, 3.05) is 5.32 Å². The second-order valence-electron chi connectivity index (χ2n) is 7.98. The van der Waals surface area contributed by atoms with E-state index in [9.17, 15) is 13.2 Å². The molecule has 0 heterocycles. The predicted octanol–water partition coefficient (Wildman–Crippen LogP) is 3.65. The molecule has 1 amide bonds. The average Bonchev–Trinajstić information content (AvgIpc) is 2.57. The highest BCUT2D eigenvalue weighted by Crippen LogP contribution is 2.26. The van der Waals surface area contributed by atoms with E-state index in [0.29, 0.717) is 17.0 Å². The van der Waals surface area contributed by atoms with Gasteiger partial charge in [-0.3, -0.25) is 4.79 Å². The highest BCUT2D eigenvalue weighted by molar-refractivity contribution is 7.89. The van der Waals surface area contributed by atoms with E-state index in [1.807, 2.05) is 24.3 Å². The van der Waals surface area contributed by atoms with Gasteiger partial charge in [0.2, 0.25) is 10.0 Å². The van der Waals surface area contributed by atoms with Crippen molar-refractivity contribution in [3.63, 3.8) is 0 Å². The van der Waals surface area contributed by atoms with Gasteiger partial charge in [-0.1, -0.05) is 32.9 Å². The van der Waals surface area contributed by atoms with Crippen molar-refractivity contribution in [2.24, 2.45) is 5.14 Å². The van der Waals surface area contributed by atoms with Gasteiger partial charge in [-0.05, 0) is 67.1 Å². The highest BCUT2D eigenvalue weighted by atomic mass is 32.2. The van der Waals surface area contributed by atoms with Gasteiger partial charge in [0.15, 0.2) is 6.10 Å². The Hall–Kier alpha value is -2.38. The van der Waals surface area contributed by atoms with Gasteiger partial charge in [-0.2, -0.15) is 0 Å². The minimum Gasteiger partial charge on any atom is -0.481 e. The summed E-state index contributed by atoms with van der Waals surface area (Å²) in [6.07, 6.45) is -0.765. The second-order valence-corrected chi connectivity index (χ2v) is 9.54. The van der Waals surface area contributed by atoms with Crippen LogP contribution in [0.2, 0.25) is 0 Å². The van der Waals surface area contributed by atoms with Gasteiger partial charge in [0.1, 0.15) is 5.75 Å². The number of primary sulfonamides is 1. The maximum atomic E-state index is 12.6. The smallest absolute Gasteiger partial charge is 0.265 e. The third kappa shape index (κ3) is 5.33. The summed E-state index contributed by atoms with van der Waals surface area (Å²) < 4.78 is 29.0. The van der Waals surface area contributed by atoms with Crippen LogP contribution in [0.4, 0.5) is 5.69 Å². The molecule has 0 bridgehead atoms. The van der Waals surface area contributed by atoms with Crippen molar-refractivity contribution < 1.29 is 17.9 Å². The van der Waals surface area contributed by atoms with Crippen LogP contribution < -0.4 is 15.2 Å². The molecule has 0 spiro atoms. The molecule has 28 heavy (non-hydrogen) atoms. The SMILES string of the molecule is Cc1cc(S(N)(=O)=O)cc(NC(=O)[C@H](C)Oc2ccc(C(C)(C)C)cc2)c1C. The summed E-state index contributed by atoms with van der Waals surface area (Å²) in [7, 11) is -3.87. The number of nitrogens with two attached hydrogens (primary N) is 1. The highest BCUT2D eigenvalue weighted by Gasteiger charge is 2.19. The molecule has 6 nitrogen and oxygen atoms in total. The lowest BCUT2D eigenvalue weighted by Gasteiger charge is -2.20. The van der Waals surface area contributed by atoms with Crippen LogP contribution in [0.5, 0.6) is 5.75 Å². The van der Waals surface area contributed by atoms with E-state index in [1.165, 1.54) is 17.7 Å². The van der Waals surface area contributed by atoms with Crippen molar-refractivity contribution in [1.29, 1.82) is 0 Å². The molecule has 0 aliphatic heterocycles. The van der Waals surface area contributed by atoms with Crippen molar-refractivity contribution in [3.05, 3.63) is 53.1 Å². The second kappa shape index (κ2) is 7.93. The minimum absolute atomic E-state index is 0.0330. The number of carbonyl (C=O) groups is 1. The summed E-state index contributed by atoms with van der Waals surface area (Å²) in [5.74, 6) is 0.204. The van der Waals surface area contributed by atoms with E-state index in [4.69, 9.17) is 9.88 Å². The third-order valence-electron chi connectivity index (χ3n) is 4.63. The van der Waals surface area contributed by atoms with Gasteiger partial charge >= 0.3 is 0 Å². The third-order valence-corrected chi connectivity index (χ3v) is 5.52. The molecule has 3 N–H and O–H groups in total. The molecule has 0 saturated heterocycles. The molecule has 152 valence electrons. The van der Waals surface area contributed by atoms with Crippen molar-refractivity contribution in [2.45, 2.75) is 58.0 Å². The van der Waals surface area contributed by atoms with Crippen LogP contribution >= 0.6 is 0 Å². The van der Waals surface area contributed by atoms with E-state index in [2.05, 4.69) is 26.1 Å². The lowest BCUT2D eigenvalue weighted by atomic mass is 9.87. The summed E-state index contributed by atoms with van der Waals surface area (Å²) in [5, 5.41) is 7.95. The fourth-order valence-corrected chi connectivity index (χ4v) is 3.27.